The number of nitrogens with zero attached hydrogens (tertiary/aromatic N) is 1. The van der Waals surface area contributed by atoms with Crippen molar-refractivity contribution in [3.63, 3.8) is 0 Å². The molecule has 0 aliphatic carbocycles. The molecule has 3 heteroatoms. The molecule has 2 nitrogen and oxygen atoms in total. The van der Waals surface area contributed by atoms with Crippen LogP contribution in [-0.2, 0) is 5.33 Å². The zero-order chi connectivity index (χ0) is 10.8. The molecule has 0 N–H and O–H groups in total. The van der Waals surface area contributed by atoms with Crippen molar-refractivity contribution in [1.29, 1.82) is 0 Å². The van der Waals surface area contributed by atoms with E-state index in [1.165, 1.54) is 17.5 Å². The van der Waals surface area contributed by atoms with Gasteiger partial charge in [0.2, 0.25) is 0 Å². The lowest BCUT2D eigenvalue weighted by Gasteiger charge is -2.02. The zero-order valence-electron chi connectivity index (χ0n) is 8.75. The molecule has 0 spiro atoms. The van der Waals surface area contributed by atoms with E-state index >= 15 is 0 Å². The molecule has 1 aromatic carbocycles. The molecule has 78 valence electrons. The third-order valence-electron chi connectivity index (χ3n) is 2.25. The maximum absolute atomic E-state index is 5.41. The van der Waals surface area contributed by atoms with E-state index in [2.05, 4.69) is 53.0 Å². The minimum absolute atomic E-state index is 0.714. The molecule has 0 radical (unpaired) electrons. The largest absolute Gasteiger partial charge is 0.443 e. The van der Waals surface area contributed by atoms with Crippen molar-refractivity contribution in [3.05, 3.63) is 41.4 Å². The molecule has 0 unspecified atom stereocenters. The molecule has 0 bridgehead atoms. The fraction of sp³-hybridized carbons (Fsp3) is 0.250. The van der Waals surface area contributed by atoms with Crippen molar-refractivity contribution in [3.8, 4) is 11.3 Å². The van der Waals surface area contributed by atoms with Crippen LogP contribution in [0.25, 0.3) is 11.3 Å². The second-order valence-corrected chi connectivity index (χ2v) is 4.20. The molecule has 2 aromatic rings. The van der Waals surface area contributed by atoms with Gasteiger partial charge in [-0.15, -0.1) is 0 Å². The van der Waals surface area contributed by atoms with Gasteiger partial charge in [-0.25, -0.2) is 4.98 Å². The summed E-state index contributed by atoms with van der Waals surface area (Å²) in [4.78, 5) is 4.16. The summed E-state index contributed by atoms with van der Waals surface area (Å²) in [5.74, 6) is 0.860. The van der Waals surface area contributed by atoms with E-state index in [9.17, 15) is 0 Å². The van der Waals surface area contributed by atoms with Gasteiger partial charge in [0.1, 0.15) is 0 Å². The average molecular weight is 266 g/mol. The van der Waals surface area contributed by atoms with Crippen molar-refractivity contribution in [2.45, 2.75) is 19.2 Å². The van der Waals surface area contributed by atoms with Crippen LogP contribution < -0.4 is 0 Å². The van der Waals surface area contributed by atoms with Gasteiger partial charge in [0, 0.05) is 10.9 Å². The SMILES string of the molecule is Cc1cc(C)cc(-c2ocnc2CBr)c1. The van der Waals surface area contributed by atoms with Gasteiger partial charge in [-0.2, -0.15) is 0 Å². The first kappa shape index (κ1) is 10.4. The van der Waals surface area contributed by atoms with Crippen LogP contribution in [0.15, 0.2) is 29.0 Å². The highest BCUT2D eigenvalue weighted by molar-refractivity contribution is 9.08. The number of aromatic nitrogens is 1. The van der Waals surface area contributed by atoms with Gasteiger partial charge < -0.3 is 4.42 Å². The highest BCUT2D eigenvalue weighted by atomic mass is 79.9. The van der Waals surface area contributed by atoms with Crippen molar-refractivity contribution in [1.82, 2.24) is 4.98 Å². The summed E-state index contributed by atoms with van der Waals surface area (Å²) < 4.78 is 5.41. The fourth-order valence-corrected chi connectivity index (χ4v) is 2.10. The standard InChI is InChI=1S/C12H12BrNO/c1-8-3-9(2)5-10(4-8)12-11(6-13)14-7-15-12/h3-5,7H,6H2,1-2H3. The lowest BCUT2D eigenvalue weighted by molar-refractivity contribution is 0.571. The minimum atomic E-state index is 0.714. The summed E-state index contributed by atoms with van der Waals surface area (Å²) in [6.07, 6.45) is 1.49. The molecule has 0 saturated carbocycles. The predicted molar refractivity (Wildman–Crippen MR) is 64.0 cm³/mol. The first-order chi connectivity index (χ1) is 7.20. The van der Waals surface area contributed by atoms with Crippen LogP contribution in [0, 0.1) is 13.8 Å². The van der Waals surface area contributed by atoms with Crippen LogP contribution in [-0.4, -0.2) is 4.98 Å². The smallest absolute Gasteiger partial charge is 0.181 e. The van der Waals surface area contributed by atoms with Crippen LogP contribution in [0.5, 0.6) is 0 Å². The molecule has 0 aliphatic rings. The first-order valence-electron chi connectivity index (χ1n) is 4.77. The van der Waals surface area contributed by atoms with Crippen molar-refractivity contribution in [2.24, 2.45) is 0 Å². The Morgan fingerprint density at radius 3 is 2.47 bits per heavy atom. The van der Waals surface area contributed by atoms with E-state index in [1.54, 1.807) is 0 Å². The number of hydrogen-bond donors (Lipinski definition) is 0. The van der Waals surface area contributed by atoms with Gasteiger partial charge in [0.25, 0.3) is 0 Å². The second kappa shape index (κ2) is 4.19. The van der Waals surface area contributed by atoms with Crippen LogP contribution in [0.2, 0.25) is 0 Å². The summed E-state index contributed by atoms with van der Waals surface area (Å²) in [5.41, 5.74) is 4.52. The van der Waals surface area contributed by atoms with E-state index in [0.717, 1.165) is 17.0 Å². The van der Waals surface area contributed by atoms with Crippen LogP contribution >= 0.6 is 15.9 Å². The average Bonchev–Trinajstić information content (AvgIpc) is 2.63. The summed E-state index contributed by atoms with van der Waals surface area (Å²) in [6, 6.07) is 6.37. The highest BCUT2D eigenvalue weighted by Crippen LogP contribution is 2.26. The molecule has 0 saturated heterocycles. The zero-order valence-corrected chi connectivity index (χ0v) is 10.3. The Balaban J connectivity index is 2.53. The minimum Gasteiger partial charge on any atom is -0.443 e. The van der Waals surface area contributed by atoms with Gasteiger partial charge in [-0.3, -0.25) is 0 Å². The lowest BCUT2D eigenvalue weighted by atomic mass is 10.0. The van der Waals surface area contributed by atoms with Crippen LogP contribution in [0.1, 0.15) is 16.8 Å². The maximum atomic E-state index is 5.41. The Kier molecular flexibility index (Phi) is 2.91. The third-order valence-corrected chi connectivity index (χ3v) is 2.78. The molecule has 0 atom stereocenters. The highest BCUT2D eigenvalue weighted by Gasteiger charge is 2.09. The molecule has 1 heterocycles. The maximum Gasteiger partial charge on any atom is 0.181 e. The van der Waals surface area contributed by atoms with E-state index in [4.69, 9.17) is 4.42 Å². The van der Waals surface area contributed by atoms with Gasteiger partial charge in [0.15, 0.2) is 12.2 Å². The number of aryl methyl sites for hydroxylation is 2. The number of hydrogen-bond acceptors (Lipinski definition) is 2. The first-order valence-corrected chi connectivity index (χ1v) is 5.90. The molecule has 0 fully saturated rings. The Bertz CT molecular complexity index is 456. The van der Waals surface area contributed by atoms with E-state index in [-0.39, 0.29) is 0 Å². The molecular weight excluding hydrogens is 254 g/mol. The Morgan fingerprint density at radius 1 is 1.20 bits per heavy atom. The van der Waals surface area contributed by atoms with Gasteiger partial charge in [0.05, 0.1) is 5.69 Å². The number of oxazole rings is 1. The summed E-state index contributed by atoms with van der Waals surface area (Å²) in [6.45, 7) is 4.17. The Hall–Kier alpha value is -1.09. The molecule has 15 heavy (non-hydrogen) atoms. The Labute approximate surface area is 97.5 Å². The number of benzene rings is 1. The topological polar surface area (TPSA) is 26.0 Å². The Morgan fingerprint density at radius 2 is 1.87 bits per heavy atom. The quantitative estimate of drug-likeness (QED) is 0.771. The number of rotatable bonds is 2. The fourth-order valence-electron chi connectivity index (χ4n) is 1.70. The molecule has 0 aliphatic heterocycles. The molecular formula is C12H12BrNO. The molecule has 0 amide bonds. The monoisotopic (exact) mass is 265 g/mol. The van der Waals surface area contributed by atoms with Crippen LogP contribution in [0.3, 0.4) is 0 Å². The third kappa shape index (κ3) is 2.12. The number of alkyl halides is 1. The second-order valence-electron chi connectivity index (χ2n) is 3.64. The predicted octanol–water partition coefficient (Wildman–Crippen LogP) is 3.85. The summed E-state index contributed by atoms with van der Waals surface area (Å²) in [5, 5.41) is 0.714. The van der Waals surface area contributed by atoms with Crippen molar-refractivity contribution >= 4 is 15.9 Å². The normalized spacial score (nSPS) is 10.6. The van der Waals surface area contributed by atoms with Gasteiger partial charge >= 0.3 is 0 Å². The van der Waals surface area contributed by atoms with Crippen LogP contribution in [0.4, 0.5) is 0 Å². The summed E-state index contributed by atoms with van der Waals surface area (Å²) in [7, 11) is 0. The van der Waals surface area contributed by atoms with Crippen molar-refractivity contribution in [2.75, 3.05) is 0 Å². The van der Waals surface area contributed by atoms with E-state index in [1.807, 2.05) is 0 Å². The lowest BCUT2D eigenvalue weighted by Crippen LogP contribution is -1.85. The van der Waals surface area contributed by atoms with Gasteiger partial charge in [-0.05, 0) is 26.0 Å². The summed E-state index contributed by atoms with van der Waals surface area (Å²) >= 11 is 3.40. The molecule has 1 aromatic heterocycles. The number of halogens is 1. The van der Waals surface area contributed by atoms with E-state index < -0.39 is 0 Å². The van der Waals surface area contributed by atoms with Gasteiger partial charge in [-0.1, -0.05) is 33.1 Å². The van der Waals surface area contributed by atoms with E-state index in [0.29, 0.717) is 5.33 Å². The van der Waals surface area contributed by atoms with Crippen molar-refractivity contribution < 1.29 is 4.42 Å². The molecule has 2 rings (SSSR count).